The van der Waals surface area contributed by atoms with Crippen molar-refractivity contribution in [3.63, 3.8) is 0 Å². The Balaban J connectivity index is 1.90. The molecular formula is C23H17BrN4OS. The summed E-state index contributed by atoms with van der Waals surface area (Å²) < 4.78 is 2.99. The fourth-order valence-electron chi connectivity index (χ4n) is 3.31. The van der Waals surface area contributed by atoms with E-state index in [1.54, 1.807) is 6.20 Å². The number of imidazole rings is 1. The quantitative estimate of drug-likeness (QED) is 0.396. The smallest absolute Gasteiger partial charge is 0.267 e. The molecule has 0 spiro atoms. The number of aromatic nitrogens is 3. The second-order valence-electron chi connectivity index (χ2n) is 6.62. The van der Waals surface area contributed by atoms with Crippen molar-refractivity contribution < 1.29 is 0 Å². The first-order valence-corrected chi connectivity index (χ1v) is 11.2. The van der Waals surface area contributed by atoms with E-state index in [-0.39, 0.29) is 5.56 Å². The van der Waals surface area contributed by atoms with E-state index < -0.39 is 5.56 Å². The molecule has 0 radical (unpaired) electrons. The SMILES string of the molecule is CSc1ncc(-c2cc(-c3ccc(Br)cc3)[nH]c(=O)c2C#N)n1Cc1ccccc1. The number of hydrogen-bond acceptors (Lipinski definition) is 4. The van der Waals surface area contributed by atoms with Gasteiger partial charge < -0.3 is 9.55 Å². The van der Waals surface area contributed by atoms with Gasteiger partial charge in [-0.3, -0.25) is 4.79 Å². The highest BCUT2D eigenvalue weighted by atomic mass is 79.9. The van der Waals surface area contributed by atoms with Gasteiger partial charge in [0.25, 0.3) is 5.56 Å². The lowest BCUT2D eigenvalue weighted by atomic mass is 10.0. The Kier molecular flexibility index (Phi) is 5.88. The van der Waals surface area contributed by atoms with E-state index in [4.69, 9.17) is 0 Å². The predicted molar refractivity (Wildman–Crippen MR) is 123 cm³/mol. The summed E-state index contributed by atoms with van der Waals surface area (Å²) >= 11 is 4.96. The van der Waals surface area contributed by atoms with Gasteiger partial charge in [0.2, 0.25) is 0 Å². The summed E-state index contributed by atoms with van der Waals surface area (Å²) in [4.78, 5) is 20.1. The number of rotatable bonds is 5. The minimum absolute atomic E-state index is 0.0812. The first-order valence-electron chi connectivity index (χ1n) is 9.18. The molecule has 30 heavy (non-hydrogen) atoms. The third-order valence-corrected chi connectivity index (χ3v) is 5.98. The van der Waals surface area contributed by atoms with E-state index in [0.29, 0.717) is 17.8 Å². The largest absolute Gasteiger partial charge is 0.321 e. The molecule has 0 bridgehead atoms. The van der Waals surface area contributed by atoms with Crippen LogP contribution in [0.1, 0.15) is 11.1 Å². The van der Waals surface area contributed by atoms with Gasteiger partial charge in [0, 0.05) is 15.7 Å². The van der Waals surface area contributed by atoms with Crippen molar-refractivity contribution >= 4 is 27.7 Å². The Labute approximate surface area is 186 Å². The van der Waals surface area contributed by atoms with E-state index in [2.05, 4.69) is 32.0 Å². The van der Waals surface area contributed by atoms with Gasteiger partial charge in [-0.1, -0.05) is 70.2 Å². The highest BCUT2D eigenvalue weighted by molar-refractivity contribution is 9.10. The molecule has 4 aromatic rings. The van der Waals surface area contributed by atoms with Crippen LogP contribution in [0, 0.1) is 11.3 Å². The summed E-state index contributed by atoms with van der Waals surface area (Å²) in [6.07, 6.45) is 3.69. The number of halogens is 1. The van der Waals surface area contributed by atoms with Gasteiger partial charge in [-0.2, -0.15) is 5.26 Å². The van der Waals surface area contributed by atoms with Crippen molar-refractivity contribution in [1.29, 1.82) is 5.26 Å². The third-order valence-electron chi connectivity index (χ3n) is 4.76. The van der Waals surface area contributed by atoms with Crippen LogP contribution < -0.4 is 5.56 Å². The molecule has 7 heteroatoms. The molecule has 5 nitrogen and oxygen atoms in total. The number of pyridine rings is 1. The molecule has 0 aliphatic rings. The number of nitrogens with zero attached hydrogens (tertiary/aromatic N) is 3. The number of hydrogen-bond donors (Lipinski definition) is 1. The fraction of sp³-hybridized carbons (Fsp3) is 0.0870. The number of aromatic amines is 1. The maximum Gasteiger partial charge on any atom is 0.267 e. The lowest BCUT2D eigenvalue weighted by Gasteiger charge is -2.13. The minimum atomic E-state index is -0.411. The molecule has 0 saturated carbocycles. The summed E-state index contributed by atoms with van der Waals surface area (Å²) in [6.45, 7) is 0.595. The molecule has 0 unspecified atom stereocenters. The molecule has 0 amide bonds. The van der Waals surface area contributed by atoms with Gasteiger partial charge in [-0.25, -0.2) is 4.98 Å². The van der Waals surface area contributed by atoms with Crippen LogP contribution in [-0.4, -0.2) is 20.8 Å². The van der Waals surface area contributed by atoms with Crippen LogP contribution in [0.2, 0.25) is 0 Å². The van der Waals surface area contributed by atoms with Crippen LogP contribution in [0.15, 0.2) is 81.3 Å². The van der Waals surface area contributed by atoms with E-state index >= 15 is 0 Å². The van der Waals surface area contributed by atoms with Gasteiger partial charge in [0.1, 0.15) is 11.6 Å². The number of H-pyrrole nitrogens is 1. The number of benzene rings is 2. The fourth-order valence-corrected chi connectivity index (χ4v) is 4.12. The molecule has 0 aliphatic heterocycles. The van der Waals surface area contributed by atoms with Gasteiger partial charge in [0.15, 0.2) is 5.16 Å². The summed E-state index contributed by atoms with van der Waals surface area (Å²) in [5.74, 6) is 0. The van der Waals surface area contributed by atoms with Gasteiger partial charge in [0.05, 0.1) is 18.4 Å². The molecular weight excluding hydrogens is 460 g/mol. The summed E-state index contributed by atoms with van der Waals surface area (Å²) in [5, 5.41) is 10.5. The predicted octanol–water partition coefficient (Wildman–Crippen LogP) is 5.31. The standard InChI is InChI=1S/C23H17BrN4OS/c1-30-23-26-13-21(28(23)14-15-5-3-2-4-6-15)18-11-20(27-22(29)19(18)12-25)16-7-9-17(24)10-8-16/h2-11,13H,14H2,1H3,(H,27,29). The van der Waals surface area contributed by atoms with E-state index in [0.717, 1.165) is 26.4 Å². The topological polar surface area (TPSA) is 74.5 Å². The summed E-state index contributed by atoms with van der Waals surface area (Å²) in [6, 6.07) is 21.6. The molecule has 4 rings (SSSR count). The first kappa shape index (κ1) is 20.2. The normalized spacial score (nSPS) is 10.7. The zero-order valence-corrected chi connectivity index (χ0v) is 18.5. The van der Waals surface area contributed by atoms with E-state index in [9.17, 15) is 10.1 Å². The molecule has 2 aromatic heterocycles. The van der Waals surface area contributed by atoms with Crippen molar-refractivity contribution in [1.82, 2.24) is 14.5 Å². The molecule has 2 aromatic carbocycles. The van der Waals surface area contributed by atoms with Crippen LogP contribution in [-0.2, 0) is 6.54 Å². The van der Waals surface area contributed by atoms with Crippen LogP contribution in [0.3, 0.4) is 0 Å². The lowest BCUT2D eigenvalue weighted by molar-refractivity contribution is 0.716. The Morgan fingerprint density at radius 3 is 2.57 bits per heavy atom. The van der Waals surface area contributed by atoms with Gasteiger partial charge in [-0.15, -0.1) is 0 Å². The average molecular weight is 477 g/mol. The third kappa shape index (κ3) is 3.97. The van der Waals surface area contributed by atoms with Crippen LogP contribution in [0.25, 0.3) is 22.5 Å². The second kappa shape index (κ2) is 8.74. The molecule has 1 N–H and O–H groups in total. The number of thioether (sulfide) groups is 1. The van der Waals surface area contributed by atoms with Crippen LogP contribution in [0.5, 0.6) is 0 Å². The molecule has 148 valence electrons. The van der Waals surface area contributed by atoms with Gasteiger partial charge in [-0.05, 0) is 35.6 Å². The molecule has 0 aliphatic carbocycles. The maximum absolute atomic E-state index is 12.7. The van der Waals surface area contributed by atoms with Crippen molar-refractivity contribution in [2.24, 2.45) is 0 Å². The van der Waals surface area contributed by atoms with E-state index in [1.165, 1.54) is 11.8 Å². The summed E-state index contributed by atoms with van der Waals surface area (Å²) in [7, 11) is 0. The van der Waals surface area contributed by atoms with Crippen LogP contribution in [0.4, 0.5) is 0 Å². The maximum atomic E-state index is 12.7. The highest BCUT2D eigenvalue weighted by Gasteiger charge is 2.18. The highest BCUT2D eigenvalue weighted by Crippen LogP contribution is 2.30. The van der Waals surface area contributed by atoms with Crippen molar-refractivity contribution in [2.45, 2.75) is 11.7 Å². The Morgan fingerprint density at radius 1 is 1.17 bits per heavy atom. The molecule has 0 atom stereocenters. The number of nitriles is 1. The summed E-state index contributed by atoms with van der Waals surface area (Å²) in [5.41, 5.74) is 3.61. The average Bonchev–Trinajstić information content (AvgIpc) is 3.16. The van der Waals surface area contributed by atoms with Crippen molar-refractivity contribution in [3.8, 4) is 28.6 Å². The Morgan fingerprint density at radius 2 is 1.90 bits per heavy atom. The second-order valence-corrected chi connectivity index (χ2v) is 8.31. The molecule has 0 fully saturated rings. The Bertz CT molecular complexity index is 1290. The van der Waals surface area contributed by atoms with Crippen molar-refractivity contribution in [2.75, 3.05) is 6.26 Å². The first-order chi connectivity index (χ1) is 14.6. The zero-order valence-electron chi connectivity index (χ0n) is 16.1. The number of nitrogens with one attached hydrogen (secondary N) is 1. The van der Waals surface area contributed by atoms with Crippen molar-refractivity contribution in [3.05, 3.63) is 92.8 Å². The van der Waals surface area contributed by atoms with Gasteiger partial charge >= 0.3 is 0 Å². The van der Waals surface area contributed by atoms with Crippen LogP contribution >= 0.6 is 27.7 Å². The Hall–Kier alpha value is -3.08. The monoisotopic (exact) mass is 476 g/mol. The minimum Gasteiger partial charge on any atom is -0.321 e. The molecule has 2 heterocycles. The van der Waals surface area contributed by atoms with E-state index in [1.807, 2.05) is 71.5 Å². The lowest BCUT2D eigenvalue weighted by Crippen LogP contribution is -2.14. The zero-order chi connectivity index (χ0) is 21.1. The molecule has 0 saturated heterocycles.